The van der Waals surface area contributed by atoms with E-state index < -0.39 is 11.4 Å². The van der Waals surface area contributed by atoms with E-state index in [0.717, 1.165) is 6.42 Å². The van der Waals surface area contributed by atoms with Gasteiger partial charge in [0.15, 0.2) is 5.05 Å². The van der Waals surface area contributed by atoms with Crippen LogP contribution in [0.4, 0.5) is 10.1 Å². The molecule has 1 aromatic rings. The van der Waals surface area contributed by atoms with Gasteiger partial charge in [-0.1, -0.05) is 25.4 Å². The molecule has 6 heteroatoms. The minimum atomic E-state index is -0.565. The zero-order valence-corrected chi connectivity index (χ0v) is 16.4. The molecule has 24 heavy (non-hydrogen) atoms. The zero-order valence-electron chi connectivity index (χ0n) is 14.8. The van der Waals surface area contributed by atoms with E-state index in [4.69, 9.17) is 28.6 Å². The summed E-state index contributed by atoms with van der Waals surface area (Å²) < 4.78 is 19.6. The highest BCUT2D eigenvalue weighted by atomic mass is 35.5. The van der Waals surface area contributed by atoms with E-state index in [2.05, 4.69) is 5.32 Å². The minimum Gasteiger partial charge on any atom is -0.481 e. The molecule has 0 spiro atoms. The molecular weight excluding hydrogens is 349 g/mol. The molecule has 1 amide bonds. The second kappa shape index (κ2) is 8.77. The van der Waals surface area contributed by atoms with E-state index in [1.54, 1.807) is 0 Å². The fraction of sp³-hybridized carbons (Fsp3) is 0.556. The molecule has 0 aliphatic carbocycles. The van der Waals surface area contributed by atoms with Crippen molar-refractivity contribution in [2.24, 2.45) is 5.92 Å². The maximum Gasteiger partial charge on any atom is 0.224 e. The summed E-state index contributed by atoms with van der Waals surface area (Å²) in [6.07, 6.45) is 1.37. The van der Waals surface area contributed by atoms with Crippen LogP contribution in [0.1, 0.15) is 53.0 Å². The van der Waals surface area contributed by atoms with Crippen molar-refractivity contribution in [1.82, 2.24) is 0 Å². The lowest BCUT2D eigenvalue weighted by molar-refractivity contribution is -0.116. The van der Waals surface area contributed by atoms with Gasteiger partial charge in [0, 0.05) is 17.9 Å². The molecule has 0 unspecified atom stereocenters. The summed E-state index contributed by atoms with van der Waals surface area (Å²) in [6.45, 7) is 9.75. The topological polar surface area (TPSA) is 38.3 Å². The number of benzene rings is 1. The number of carbonyl (C=O) groups excluding carboxylic acids is 1. The van der Waals surface area contributed by atoms with Gasteiger partial charge in [0.2, 0.25) is 5.91 Å². The summed E-state index contributed by atoms with van der Waals surface area (Å²) in [7, 11) is 0. The van der Waals surface area contributed by atoms with Gasteiger partial charge in [0.05, 0.1) is 5.69 Å². The predicted molar refractivity (Wildman–Crippen MR) is 101 cm³/mol. The smallest absolute Gasteiger partial charge is 0.224 e. The van der Waals surface area contributed by atoms with Gasteiger partial charge in [-0.2, -0.15) is 0 Å². The number of ether oxygens (including phenoxy) is 1. The number of rotatable bonds is 6. The molecule has 0 aliphatic rings. The van der Waals surface area contributed by atoms with Crippen LogP contribution in [0, 0.1) is 11.7 Å². The highest BCUT2D eigenvalue weighted by Gasteiger charge is 2.17. The van der Waals surface area contributed by atoms with Crippen LogP contribution in [-0.2, 0) is 16.0 Å². The van der Waals surface area contributed by atoms with E-state index in [9.17, 15) is 9.18 Å². The SMILES string of the molecule is CC(C)CCC(=O)Nc1cc(CC(=S)OC(C)(C)C)c(Cl)cc1F. The summed E-state index contributed by atoms with van der Waals surface area (Å²) in [6, 6.07) is 2.71. The van der Waals surface area contributed by atoms with Gasteiger partial charge < -0.3 is 10.1 Å². The van der Waals surface area contributed by atoms with Crippen molar-refractivity contribution in [3.05, 3.63) is 28.5 Å². The van der Waals surface area contributed by atoms with Gasteiger partial charge >= 0.3 is 0 Å². The van der Waals surface area contributed by atoms with Crippen molar-refractivity contribution in [1.29, 1.82) is 0 Å². The molecule has 0 aromatic heterocycles. The van der Waals surface area contributed by atoms with Crippen LogP contribution in [0.5, 0.6) is 0 Å². The Hall–Kier alpha value is -1.20. The monoisotopic (exact) mass is 373 g/mol. The van der Waals surface area contributed by atoms with Crippen molar-refractivity contribution in [2.75, 3.05) is 5.32 Å². The first-order chi connectivity index (χ1) is 11.0. The summed E-state index contributed by atoms with van der Waals surface area (Å²) in [5, 5.41) is 3.22. The maximum absolute atomic E-state index is 14.0. The normalized spacial score (nSPS) is 11.5. The van der Waals surface area contributed by atoms with Gasteiger partial charge in [0.25, 0.3) is 0 Å². The average molecular weight is 374 g/mol. The summed E-state index contributed by atoms with van der Waals surface area (Å²) in [5.41, 5.74) is 0.325. The molecule has 0 saturated heterocycles. The van der Waals surface area contributed by atoms with Crippen LogP contribution in [0.15, 0.2) is 12.1 Å². The first-order valence-corrected chi connectivity index (χ1v) is 8.76. The molecule has 0 fully saturated rings. The molecule has 0 heterocycles. The van der Waals surface area contributed by atoms with Gasteiger partial charge in [-0.3, -0.25) is 4.79 Å². The zero-order chi connectivity index (χ0) is 18.5. The Kier molecular flexibility index (Phi) is 7.61. The first kappa shape index (κ1) is 20.8. The lowest BCUT2D eigenvalue weighted by Gasteiger charge is -2.22. The molecule has 0 atom stereocenters. The Morgan fingerprint density at radius 3 is 2.54 bits per heavy atom. The average Bonchev–Trinajstić information content (AvgIpc) is 2.39. The second-order valence-electron chi connectivity index (χ2n) is 7.17. The Morgan fingerprint density at radius 2 is 2.00 bits per heavy atom. The Morgan fingerprint density at radius 1 is 1.38 bits per heavy atom. The fourth-order valence-electron chi connectivity index (χ4n) is 1.99. The van der Waals surface area contributed by atoms with Gasteiger partial charge in [-0.25, -0.2) is 4.39 Å². The minimum absolute atomic E-state index is 0.113. The molecule has 0 aliphatic heterocycles. The summed E-state index contributed by atoms with van der Waals surface area (Å²) in [5.74, 6) is -0.373. The van der Waals surface area contributed by atoms with Gasteiger partial charge in [-0.15, -0.1) is 0 Å². The third-order valence-corrected chi connectivity index (χ3v) is 3.69. The fourth-order valence-corrected chi connectivity index (χ4v) is 2.61. The number of anilines is 1. The first-order valence-electron chi connectivity index (χ1n) is 7.97. The Balaban J connectivity index is 2.85. The van der Waals surface area contributed by atoms with E-state index in [0.29, 0.717) is 23.0 Å². The van der Waals surface area contributed by atoms with Crippen molar-refractivity contribution in [3.8, 4) is 0 Å². The number of amides is 1. The largest absolute Gasteiger partial charge is 0.481 e. The van der Waals surface area contributed by atoms with Crippen LogP contribution < -0.4 is 5.32 Å². The van der Waals surface area contributed by atoms with Crippen molar-refractivity contribution >= 4 is 40.5 Å². The molecule has 0 saturated carbocycles. The molecule has 3 nitrogen and oxygen atoms in total. The lowest BCUT2D eigenvalue weighted by atomic mass is 10.1. The molecular formula is C18H25ClFNO2S. The van der Waals surface area contributed by atoms with E-state index in [-0.39, 0.29) is 23.0 Å². The quantitative estimate of drug-likeness (QED) is 0.665. The number of carbonyl (C=O) groups is 1. The molecule has 0 radical (unpaired) electrons. The van der Waals surface area contributed by atoms with Gasteiger partial charge in [-0.05, 0) is 63.0 Å². The van der Waals surface area contributed by atoms with E-state index in [1.165, 1.54) is 12.1 Å². The molecule has 1 N–H and O–H groups in total. The van der Waals surface area contributed by atoms with E-state index >= 15 is 0 Å². The Bertz CT molecular complexity index is 612. The third kappa shape index (κ3) is 7.58. The van der Waals surface area contributed by atoms with Gasteiger partial charge in [0.1, 0.15) is 11.4 Å². The van der Waals surface area contributed by atoms with E-state index in [1.807, 2.05) is 34.6 Å². The summed E-state index contributed by atoms with van der Waals surface area (Å²) in [4.78, 5) is 11.9. The van der Waals surface area contributed by atoms with Crippen LogP contribution >= 0.6 is 23.8 Å². The van der Waals surface area contributed by atoms with Crippen molar-refractivity contribution in [2.45, 2.75) is 59.5 Å². The second-order valence-corrected chi connectivity index (χ2v) is 8.03. The summed E-state index contributed by atoms with van der Waals surface area (Å²) >= 11 is 11.3. The van der Waals surface area contributed by atoms with Crippen LogP contribution in [0.2, 0.25) is 5.02 Å². The highest BCUT2D eigenvalue weighted by molar-refractivity contribution is 7.80. The Labute approximate surface area is 153 Å². The maximum atomic E-state index is 14.0. The molecule has 1 aromatic carbocycles. The molecule has 0 bridgehead atoms. The molecule has 1 rings (SSSR count). The number of hydrogen-bond acceptors (Lipinski definition) is 3. The number of hydrogen-bond donors (Lipinski definition) is 1. The van der Waals surface area contributed by atoms with Crippen LogP contribution in [-0.4, -0.2) is 16.6 Å². The molecule has 134 valence electrons. The number of halogens is 2. The van der Waals surface area contributed by atoms with Crippen LogP contribution in [0.25, 0.3) is 0 Å². The standard InChI is InChI=1S/C18H25ClFNO2S/c1-11(2)6-7-16(22)21-15-8-12(13(19)10-14(15)20)9-17(24)23-18(3,4)5/h8,10-11H,6-7,9H2,1-5H3,(H,21,22). The predicted octanol–water partition coefficient (Wildman–Crippen LogP) is 5.54. The van der Waals surface area contributed by atoms with Crippen molar-refractivity contribution in [3.63, 3.8) is 0 Å². The van der Waals surface area contributed by atoms with Crippen LogP contribution in [0.3, 0.4) is 0 Å². The van der Waals surface area contributed by atoms with Crippen molar-refractivity contribution < 1.29 is 13.9 Å². The lowest BCUT2D eigenvalue weighted by Crippen LogP contribution is -2.24. The third-order valence-electron chi connectivity index (χ3n) is 3.11. The number of thiocarbonyl (C=S) groups is 1. The number of nitrogens with one attached hydrogen (secondary N) is 1. The highest BCUT2D eigenvalue weighted by Crippen LogP contribution is 2.26.